The maximum atomic E-state index is 5.72. The molecule has 0 saturated carbocycles. The van der Waals surface area contributed by atoms with Gasteiger partial charge >= 0.3 is 0 Å². The second-order valence-corrected chi connectivity index (χ2v) is 10.4. The molecule has 0 atom stereocenters. The van der Waals surface area contributed by atoms with Crippen molar-refractivity contribution < 1.29 is 4.74 Å². The number of hydrogen-bond donors (Lipinski definition) is 0. The monoisotopic (exact) mass is 492 g/mol. The van der Waals surface area contributed by atoms with E-state index in [0.717, 1.165) is 0 Å². The molecule has 0 spiro atoms. The van der Waals surface area contributed by atoms with E-state index in [9.17, 15) is 0 Å². The predicted octanol–water partition coefficient (Wildman–Crippen LogP) is 10.1. The van der Waals surface area contributed by atoms with Crippen LogP contribution in [0, 0.1) is 20.8 Å². The molecule has 0 amide bonds. The summed E-state index contributed by atoms with van der Waals surface area (Å²) in [4.78, 5) is 0. The minimum Gasteiger partial charge on any atom is -0.380 e. The van der Waals surface area contributed by atoms with E-state index in [-0.39, 0.29) is 0 Å². The van der Waals surface area contributed by atoms with Gasteiger partial charge in [0.05, 0.1) is 6.61 Å². The molecule has 0 N–H and O–H groups in total. The highest BCUT2D eigenvalue weighted by molar-refractivity contribution is 6.13. The first kappa shape index (κ1) is 24.2. The van der Waals surface area contributed by atoms with Crippen LogP contribution in [-0.2, 0) is 11.3 Å². The smallest absolute Gasteiger partial charge is 0.0719 e. The van der Waals surface area contributed by atoms with Crippen molar-refractivity contribution in [3.8, 4) is 33.4 Å². The number of hydrogen-bond acceptors (Lipinski definition) is 1. The maximum Gasteiger partial charge on any atom is 0.0719 e. The molecule has 0 bridgehead atoms. The second kappa shape index (κ2) is 9.93. The zero-order valence-corrected chi connectivity index (χ0v) is 22.5. The maximum absolute atomic E-state index is 5.72. The number of aryl methyl sites for hydroxylation is 3. The number of ether oxygens (including phenoxy) is 1. The molecule has 0 heterocycles. The molecule has 6 aromatic rings. The van der Waals surface area contributed by atoms with Gasteiger partial charge in [-0.15, -0.1) is 0 Å². The van der Waals surface area contributed by atoms with Crippen LogP contribution < -0.4 is 0 Å². The van der Waals surface area contributed by atoms with E-state index in [4.69, 9.17) is 4.74 Å². The van der Waals surface area contributed by atoms with Gasteiger partial charge in [0.15, 0.2) is 0 Å². The summed E-state index contributed by atoms with van der Waals surface area (Å²) < 4.78 is 5.72. The largest absolute Gasteiger partial charge is 0.380 e. The Morgan fingerprint density at radius 1 is 0.500 bits per heavy atom. The van der Waals surface area contributed by atoms with Crippen LogP contribution >= 0.6 is 0 Å². The summed E-state index contributed by atoms with van der Waals surface area (Å²) in [6.07, 6.45) is 0. The quantitative estimate of drug-likeness (QED) is 0.218. The van der Waals surface area contributed by atoms with Crippen molar-refractivity contribution in [3.63, 3.8) is 0 Å². The van der Waals surface area contributed by atoms with Gasteiger partial charge in [-0.25, -0.2) is 0 Å². The van der Waals surface area contributed by atoms with Crippen molar-refractivity contribution in [2.24, 2.45) is 0 Å². The van der Waals surface area contributed by atoms with Crippen molar-refractivity contribution in [2.75, 3.05) is 7.11 Å². The lowest BCUT2D eigenvalue weighted by Gasteiger charge is -2.22. The van der Waals surface area contributed by atoms with Crippen molar-refractivity contribution in [2.45, 2.75) is 27.4 Å². The lowest BCUT2D eigenvalue weighted by atomic mass is 9.81. The summed E-state index contributed by atoms with van der Waals surface area (Å²) in [6, 6.07) is 40.4. The van der Waals surface area contributed by atoms with Crippen LogP contribution in [0.5, 0.6) is 0 Å². The normalized spacial score (nSPS) is 11.4. The van der Waals surface area contributed by atoms with E-state index in [1.54, 1.807) is 7.11 Å². The van der Waals surface area contributed by atoms with Crippen LogP contribution in [0.15, 0.2) is 109 Å². The van der Waals surface area contributed by atoms with Gasteiger partial charge in [0.25, 0.3) is 0 Å². The van der Waals surface area contributed by atoms with Gasteiger partial charge in [0, 0.05) is 7.11 Å². The van der Waals surface area contributed by atoms with Crippen molar-refractivity contribution >= 4 is 21.5 Å². The fourth-order valence-electron chi connectivity index (χ4n) is 5.59. The molecule has 0 aliphatic rings. The highest BCUT2D eigenvalue weighted by Crippen LogP contribution is 2.47. The van der Waals surface area contributed by atoms with Gasteiger partial charge in [-0.3, -0.25) is 0 Å². The summed E-state index contributed by atoms with van der Waals surface area (Å²) in [5.41, 5.74) is 12.4. The lowest BCUT2D eigenvalue weighted by molar-refractivity contribution is 0.185. The number of rotatable bonds is 5. The third-order valence-corrected chi connectivity index (χ3v) is 7.54. The molecule has 0 fully saturated rings. The molecule has 1 heteroatoms. The Morgan fingerprint density at radius 3 is 1.76 bits per heavy atom. The fraction of sp³-hybridized carbons (Fsp3) is 0.135. The number of fused-ring (bicyclic) bond motifs is 2. The fourth-order valence-corrected chi connectivity index (χ4v) is 5.59. The molecule has 0 aliphatic carbocycles. The lowest BCUT2D eigenvalue weighted by Crippen LogP contribution is -1.98. The van der Waals surface area contributed by atoms with Gasteiger partial charge in [-0.05, 0) is 99.5 Å². The van der Waals surface area contributed by atoms with E-state index in [2.05, 4.69) is 130 Å². The average molecular weight is 493 g/mol. The van der Waals surface area contributed by atoms with Crippen LogP contribution in [0.3, 0.4) is 0 Å². The van der Waals surface area contributed by atoms with Gasteiger partial charge in [-0.2, -0.15) is 0 Å². The third kappa shape index (κ3) is 4.40. The minimum absolute atomic E-state index is 0.564. The van der Waals surface area contributed by atoms with E-state index in [0.29, 0.717) is 6.61 Å². The number of benzene rings is 6. The van der Waals surface area contributed by atoms with Gasteiger partial charge in [-0.1, -0.05) is 108 Å². The van der Waals surface area contributed by atoms with Crippen LogP contribution in [-0.4, -0.2) is 7.11 Å². The molecular weight excluding hydrogens is 460 g/mol. The highest BCUT2D eigenvalue weighted by Gasteiger charge is 2.21. The Hall–Kier alpha value is -4.20. The summed E-state index contributed by atoms with van der Waals surface area (Å²) in [5.74, 6) is 0. The molecular formula is C37H32O. The molecule has 38 heavy (non-hydrogen) atoms. The molecule has 1 nitrogen and oxygen atoms in total. The van der Waals surface area contributed by atoms with Crippen molar-refractivity contribution in [1.29, 1.82) is 0 Å². The zero-order valence-electron chi connectivity index (χ0n) is 22.5. The number of methoxy groups -OCH3 is 1. The standard InChI is InChI=1S/C37H32O/c1-24-9-14-27(15-10-24)34-22-31-20-29-7-5-6-8-30(29)21-35(31)37(36(34)28-16-11-25(2)12-17-28)33-18-13-26(3)19-32(33)23-38-4/h5-22H,23H2,1-4H3. The van der Waals surface area contributed by atoms with Gasteiger partial charge in [0.2, 0.25) is 0 Å². The first-order valence-corrected chi connectivity index (χ1v) is 13.2. The van der Waals surface area contributed by atoms with Crippen molar-refractivity contribution in [1.82, 2.24) is 0 Å². The molecule has 0 unspecified atom stereocenters. The van der Waals surface area contributed by atoms with Crippen LogP contribution in [0.1, 0.15) is 22.3 Å². The molecule has 0 aliphatic heterocycles. The van der Waals surface area contributed by atoms with Crippen LogP contribution in [0.25, 0.3) is 54.9 Å². The van der Waals surface area contributed by atoms with Crippen molar-refractivity contribution in [3.05, 3.63) is 131 Å². The van der Waals surface area contributed by atoms with Gasteiger partial charge in [0.1, 0.15) is 0 Å². The second-order valence-electron chi connectivity index (χ2n) is 10.4. The topological polar surface area (TPSA) is 9.23 Å². The van der Waals surface area contributed by atoms with Gasteiger partial charge < -0.3 is 4.74 Å². The molecule has 6 rings (SSSR count). The molecule has 186 valence electrons. The Morgan fingerprint density at radius 2 is 1.11 bits per heavy atom. The summed E-state index contributed by atoms with van der Waals surface area (Å²) in [7, 11) is 1.78. The van der Waals surface area contributed by atoms with E-state index >= 15 is 0 Å². The highest BCUT2D eigenvalue weighted by atomic mass is 16.5. The molecule has 0 saturated heterocycles. The van der Waals surface area contributed by atoms with E-state index in [1.165, 1.54) is 77.2 Å². The SMILES string of the molecule is COCc1cc(C)ccc1-c1c(-c2ccc(C)cc2)c(-c2ccc(C)cc2)cc2cc3ccccc3cc12. The van der Waals surface area contributed by atoms with Crippen LogP contribution in [0.4, 0.5) is 0 Å². The van der Waals surface area contributed by atoms with E-state index in [1.807, 2.05) is 0 Å². The van der Waals surface area contributed by atoms with Crippen LogP contribution in [0.2, 0.25) is 0 Å². The Bertz CT molecular complexity index is 1770. The molecule has 0 radical (unpaired) electrons. The Balaban J connectivity index is 1.82. The van der Waals surface area contributed by atoms with E-state index < -0.39 is 0 Å². The summed E-state index contributed by atoms with van der Waals surface area (Å²) >= 11 is 0. The first-order valence-electron chi connectivity index (χ1n) is 13.2. The average Bonchev–Trinajstić information content (AvgIpc) is 2.92. The zero-order chi connectivity index (χ0) is 26.2. The molecule has 6 aromatic carbocycles. The first-order chi connectivity index (χ1) is 18.5. The summed E-state index contributed by atoms with van der Waals surface area (Å²) in [6.45, 7) is 7.01. The Kier molecular flexibility index (Phi) is 6.31. The minimum atomic E-state index is 0.564. The predicted molar refractivity (Wildman–Crippen MR) is 163 cm³/mol. The summed E-state index contributed by atoms with van der Waals surface area (Å²) in [5, 5.41) is 5.01. The third-order valence-electron chi connectivity index (χ3n) is 7.54. The Labute approximate surface area is 225 Å². The molecule has 0 aromatic heterocycles.